The molecule has 3 aromatic rings. The molecule has 2 aromatic carbocycles. The molecule has 1 nitrogen and oxygen atoms in total. The van der Waals surface area contributed by atoms with Gasteiger partial charge < -0.3 is 0 Å². The Bertz CT molecular complexity index is 657. The van der Waals surface area contributed by atoms with E-state index < -0.39 is 0 Å². The maximum Gasteiger partial charge on any atom is 0.0701 e. The lowest BCUT2D eigenvalue weighted by molar-refractivity contribution is 0.922. The Labute approximate surface area is 119 Å². The van der Waals surface area contributed by atoms with Gasteiger partial charge in [-0.3, -0.25) is 4.98 Å². The summed E-state index contributed by atoms with van der Waals surface area (Å²) in [6.07, 6.45) is 1.83. The predicted octanol–water partition coefficient (Wildman–Crippen LogP) is 4.90. The molecule has 3 rings (SSSR count). The molecule has 20 heavy (non-hydrogen) atoms. The van der Waals surface area contributed by atoms with Crippen molar-refractivity contribution in [2.45, 2.75) is 12.8 Å². The summed E-state index contributed by atoms with van der Waals surface area (Å²) in [5.41, 5.74) is 4.86. The molecule has 1 atom stereocenters. The highest BCUT2D eigenvalue weighted by Crippen LogP contribution is 2.26. The van der Waals surface area contributed by atoms with Crippen molar-refractivity contribution in [3.05, 3.63) is 90.1 Å². The van der Waals surface area contributed by atoms with Crippen molar-refractivity contribution in [1.82, 2.24) is 4.98 Å². The first-order valence-electron chi connectivity index (χ1n) is 6.91. The fraction of sp³-hybridized carbons (Fsp3) is 0.105. The Morgan fingerprint density at radius 2 is 1.35 bits per heavy atom. The maximum atomic E-state index is 4.38. The zero-order valence-electron chi connectivity index (χ0n) is 11.5. The van der Waals surface area contributed by atoms with Crippen LogP contribution in [0.2, 0.25) is 0 Å². The third-order valence-electron chi connectivity index (χ3n) is 3.67. The second-order valence-electron chi connectivity index (χ2n) is 4.97. The van der Waals surface area contributed by atoms with Crippen molar-refractivity contribution in [1.29, 1.82) is 0 Å². The van der Waals surface area contributed by atoms with Crippen molar-refractivity contribution >= 4 is 0 Å². The minimum Gasteiger partial charge on any atom is -0.256 e. The van der Waals surface area contributed by atoms with Crippen LogP contribution in [0.15, 0.2) is 79.0 Å². The zero-order chi connectivity index (χ0) is 13.8. The van der Waals surface area contributed by atoms with Gasteiger partial charge in [0.25, 0.3) is 0 Å². The Hall–Kier alpha value is -2.41. The molecule has 0 saturated heterocycles. The fourth-order valence-corrected chi connectivity index (χ4v) is 2.41. The molecule has 0 bridgehead atoms. The van der Waals surface area contributed by atoms with E-state index in [1.165, 1.54) is 11.1 Å². The smallest absolute Gasteiger partial charge is 0.0701 e. The summed E-state index contributed by atoms with van der Waals surface area (Å²) in [7, 11) is 0. The lowest BCUT2D eigenvalue weighted by Gasteiger charge is -2.13. The predicted molar refractivity (Wildman–Crippen MR) is 83.6 cm³/mol. The van der Waals surface area contributed by atoms with Crippen LogP contribution in [0.5, 0.6) is 0 Å². The summed E-state index contributed by atoms with van der Waals surface area (Å²) in [5.74, 6) is 0.411. The molecular formula is C19H17N. The van der Waals surface area contributed by atoms with Crippen molar-refractivity contribution in [2.75, 3.05) is 0 Å². The maximum absolute atomic E-state index is 4.38. The van der Waals surface area contributed by atoms with Crippen LogP contribution in [0, 0.1) is 0 Å². The number of hydrogen-bond acceptors (Lipinski definition) is 1. The van der Waals surface area contributed by atoms with E-state index in [0.717, 1.165) is 11.3 Å². The molecule has 0 radical (unpaired) electrons. The van der Waals surface area contributed by atoms with Crippen LogP contribution >= 0.6 is 0 Å². The van der Waals surface area contributed by atoms with Crippen molar-refractivity contribution in [3.63, 3.8) is 0 Å². The first kappa shape index (κ1) is 12.6. The Morgan fingerprint density at radius 1 is 0.700 bits per heavy atom. The number of aromatic nitrogens is 1. The number of rotatable bonds is 3. The monoisotopic (exact) mass is 259 g/mol. The minimum atomic E-state index is 0.411. The second kappa shape index (κ2) is 5.70. The van der Waals surface area contributed by atoms with Gasteiger partial charge in [-0.1, -0.05) is 67.6 Å². The molecule has 0 amide bonds. The number of hydrogen-bond donors (Lipinski definition) is 0. The molecular weight excluding hydrogens is 242 g/mol. The molecule has 1 unspecified atom stereocenters. The Kier molecular flexibility index (Phi) is 3.60. The van der Waals surface area contributed by atoms with Gasteiger partial charge in [0.2, 0.25) is 0 Å². The summed E-state index contributed by atoms with van der Waals surface area (Å²) < 4.78 is 0. The third kappa shape index (κ3) is 2.62. The van der Waals surface area contributed by atoms with Gasteiger partial charge in [0, 0.05) is 17.7 Å². The number of nitrogens with zero attached hydrogens (tertiary/aromatic N) is 1. The first-order chi connectivity index (χ1) is 9.84. The van der Waals surface area contributed by atoms with Crippen molar-refractivity contribution < 1.29 is 0 Å². The summed E-state index contributed by atoms with van der Waals surface area (Å²) in [4.78, 5) is 4.38. The molecule has 1 heterocycles. The van der Waals surface area contributed by atoms with E-state index >= 15 is 0 Å². The Morgan fingerprint density at radius 3 is 2.00 bits per heavy atom. The number of benzene rings is 2. The molecule has 0 saturated carbocycles. The van der Waals surface area contributed by atoms with Gasteiger partial charge in [-0.05, 0) is 23.3 Å². The summed E-state index contributed by atoms with van der Waals surface area (Å²) >= 11 is 0. The van der Waals surface area contributed by atoms with E-state index in [0.29, 0.717) is 5.92 Å². The van der Waals surface area contributed by atoms with E-state index in [4.69, 9.17) is 0 Å². The SMILES string of the molecule is CC(c1ccccc1)c1ccc(-c2ccccn2)cc1. The molecule has 0 N–H and O–H groups in total. The van der Waals surface area contributed by atoms with Crippen molar-refractivity contribution in [2.24, 2.45) is 0 Å². The van der Waals surface area contributed by atoms with Gasteiger partial charge in [0.05, 0.1) is 5.69 Å². The average Bonchev–Trinajstić information content (AvgIpc) is 2.56. The van der Waals surface area contributed by atoms with Crippen LogP contribution in [-0.4, -0.2) is 4.98 Å². The van der Waals surface area contributed by atoms with Crippen LogP contribution in [-0.2, 0) is 0 Å². The second-order valence-corrected chi connectivity index (χ2v) is 4.97. The first-order valence-corrected chi connectivity index (χ1v) is 6.91. The highest BCUT2D eigenvalue weighted by molar-refractivity contribution is 5.59. The van der Waals surface area contributed by atoms with Crippen LogP contribution in [0.1, 0.15) is 24.0 Å². The quantitative estimate of drug-likeness (QED) is 0.652. The van der Waals surface area contributed by atoms with Gasteiger partial charge >= 0.3 is 0 Å². The van der Waals surface area contributed by atoms with E-state index in [1.807, 2.05) is 24.4 Å². The van der Waals surface area contributed by atoms with E-state index in [9.17, 15) is 0 Å². The van der Waals surface area contributed by atoms with E-state index in [-0.39, 0.29) is 0 Å². The highest BCUT2D eigenvalue weighted by atomic mass is 14.7. The molecule has 0 aliphatic heterocycles. The van der Waals surface area contributed by atoms with Crippen LogP contribution < -0.4 is 0 Å². The zero-order valence-corrected chi connectivity index (χ0v) is 11.5. The molecule has 1 heteroatoms. The third-order valence-corrected chi connectivity index (χ3v) is 3.67. The summed E-state index contributed by atoms with van der Waals surface area (Å²) in [6.45, 7) is 2.24. The number of pyridine rings is 1. The molecule has 0 spiro atoms. The molecule has 98 valence electrons. The lowest BCUT2D eigenvalue weighted by atomic mass is 9.92. The molecule has 0 aliphatic carbocycles. The van der Waals surface area contributed by atoms with Crippen molar-refractivity contribution in [3.8, 4) is 11.3 Å². The molecule has 1 aromatic heterocycles. The van der Waals surface area contributed by atoms with E-state index in [2.05, 4.69) is 66.5 Å². The van der Waals surface area contributed by atoms with Gasteiger partial charge in [-0.25, -0.2) is 0 Å². The summed E-state index contributed by atoms with van der Waals surface area (Å²) in [6, 6.07) is 25.3. The van der Waals surface area contributed by atoms with Gasteiger partial charge in [-0.15, -0.1) is 0 Å². The van der Waals surface area contributed by atoms with Gasteiger partial charge in [0.1, 0.15) is 0 Å². The van der Waals surface area contributed by atoms with Crippen LogP contribution in [0.25, 0.3) is 11.3 Å². The highest BCUT2D eigenvalue weighted by Gasteiger charge is 2.08. The summed E-state index contributed by atoms with van der Waals surface area (Å²) in [5, 5.41) is 0. The average molecular weight is 259 g/mol. The largest absolute Gasteiger partial charge is 0.256 e. The van der Waals surface area contributed by atoms with Gasteiger partial charge in [-0.2, -0.15) is 0 Å². The standard InChI is InChI=1S/C19H17N/c1-15(16-7-3-2-4-8-16)17-10-12-18(13-11-17)19-9-5-6-14-20-19/h2-15H,1H3. The molecule has 0 fully saturated rings. The normalized spacial score (nSPS) is 12.1. The lowest BCUT2D eigenvalue weighted by Crippen LogP contribution is -1.95. The minimum absolute atomic E-state index is 0.411. The van der Waals surface area contributed by atoms with Gasteiger partial charge in [0.15, 0.2) is 0 Å². The van der Waals surface area contributed by atoms with Crippen LogP contribution in [0.3, 0.4) is 0 Å². The van der Waals surface area contributed by atoms with E-state index in [1.54, 1.807) is 0 Å². The topological polar surface area (TPSA) is 12.9 Å². The fourth-order valence-electron chi connectivity index (χ4n) is 2.41. The van der Waals surface area contributed by atoms with Crippen LogP contribution in [0.4, 0.5) is 0 Å². The Balaban J connectivity index is 1.87. The molecule has 0 aliphatic rings.